The summed E-state index contributed by atoms with van der Waals surface area (Å²) in [7, 11) is 1.64. The van der Waals surface area contributed by atoms with Crippen molar-refractivity contribution in [2.75, 3.05) is 18.6 Å². The molecular weight excluding hydrogens is 317 g/mol. The van der Waals surface area contributed by atoms with Crippen molar-refractivity contribution in [2.45, 2.75) is 39.0 Å². The summed E-state index contributed by atoms with van der Waals surface area (Å²) < 4.78 is 18.6. The summed E-state index contributed by atoms with van der Waals surface area (Å²) in [4.78, 5) is 14.9. The zero-order chi connectivity index (χ0) is 18.0. The van der Waals surface area contributed by atoms with Crippen molar-refractivity contribution in [3.8, 4) is 5.75 Å². The Morgan fingerprint density at radius 2 is 1.96 bits per heavy atom. The molecule has 3 nitrogen and oxygen atoms in total. The quantitative estimate of drug-likeness (QED) is 0.812. The monoisotopic (exact) mass is 341 g/mol. The van der Waals surface area contributed by atoms with Crippen LogP contribution in [0.25, 0.3) is 0 Å². The molecule has 1 atom stereocenters. The average molecular weight is 341 g/mol. The summed E-state index contributed by atoms with van der Waals surface area (Å²) in [5.74, 6) is 0.617. The number of hydrogen-bond donors (Lipinski definition) is 0. The summed E-state index contributed by atoms with van der Waals surface area (Å²) in [5.41, 5.74) is 4.29. The van der Waals surface area contributed by atoms with Crippen LogP contribution in [-0.4, -0.2) is 19.6 Å². The molecule has 1 unspecified atom stereocenters. The van der Waals surface area contributed by atoms with Crippen LogP contribution in [0.15, 0.2) is 36.4 Å². The summed E-state index contributed by atoms with van der Waals surface area (Å²) in [6.07, 6.45) is 2.31. The molecule has 25 heavy (non-hydrogen) atoms. The Kier molecular flexibility index (Phi) is 5.07. The maximum Gasteiger partial charge on any atom is 0.227 e. The summed E-state index contributed by atoms with van der Waals surface area (Å²) in [6.45, 7) is 4.79. The van der Waals surface area contributed by atoms with Gasteiger partial charge in [-0.25, -0.2) is 4.39 Å². The van der Waals surface area contributed by atoms with E-state index >= 15 is 0 Å². The van der Waals surface area contributed by atoms with Crippen LogP contribution in [0.4, 0.5) is 10.1 Å². The highest BCUT2D eigenvalue weighted by Crippen LogP contribution is 2.39. The van der Waals surface area contributed by atoms with E-state index in [4.69, 9.17) is 4.74 Å². The molecule has 0 saturated carbocycles. The molecule has 0 aliphatic carbocycles. The van der Waals surface area contributed by atoms with Crippen molar-refractivity contribution < 1.29 is 13.9 Å². The Bertz CT molecular complexity index is 770. The van der Waals surface area contributed by atoms with Gasteiger partial charge in [-0.15, -0.1) is 0 Å². The molecule has 1 amide bonds. The molecule has 0 aromatic heterocycles. The number of ether oxygens (including phenoxy) is 1. The van der Waals surface area contributed by atoms with Crippen LogP contribution < -0.4 is 9.64 Å². The van der Waals surface area contributed by atoms with Crippen molar-refractivity contribution in [3.63, 3.8) is 0 Å². The number of nitrogens with zero attached hydrogens (tertiary/aromatic N) is 1. The molecule has 132 valence electrons. The van der Waals surface area contributed by atoms with Gasteiger partial charge < -0.3 is 9.64 Å². The Morgan fingerprint density at radius 1 is 1.24 bits per heavy atom. The second-order valence-electron chi connectivity index (χ2n) is 6.72. The van der Waals surface area contributed by atoms with Crippen molar-refractivity contribution in [3.05, 3.63) is 58.9 Å². The molecule has 0 bridgehead atoms. The van der Waals surface area contributed by atoms with E-state index in [0.29, 0.717) is 13.0 Å². The minimum Gasteiger partial charge on any atom is -0.495 e. The molecule has 1 aliphatic heterocycles. The van der Waals surface area contributed by atoms with Gasteiger partial charge in [0.1, 0.15) is 11.6 Å². The lowest BCUT2D eigenvalue weighted by molar-refractivity contribution is -0.119. The Hall–Kier alpha value is -2.36. The van der Waals surface area contributed by atoms with Crippen molar-refractivity contribution in [2.24, 2.45) is 0 Å². The fraction of sp³-hybridized carbons (Fsp3) is 0.381. The molecule has 0 N–H and O–H groups in total. The van der Waals surface area contributed by atoms with Gasteiger partial charge in [-0.05, 0) is 60.6 Å². The van der Waals surface area contributed by atoms with Crippen molar-refractivity contribution >= 4 is 11.6 Å². The second-order valence-corrected chi connectivity index (χ2v) is 6.72. The van der Waals surface area contributed by atoms with E-state index in [1.807, 2.05) is 24.0 Å². The summed E-state index contributed by atoms with van der Waals surface area (Å²) >= 11 is 0. The first kappa shape index (κ1) is 17.5. The highest BCUT2D eigenvalue weighted by atomic mass is 19.1. The van der Waals surface area contributed by atoms with Crippen LogP contribution >= 0.6 is 0 Å². The molecule has 0 spiro atoms. The number of benzene rings is 2. The Balaban J connectivity index is 1.84. The van der Waals surface area contributed by atoms with Gasteiger partial charge >= 0.3 is 0 Å². The molecule has 1 heterocycles. The minimum atomic E-state index is -0.257. The lowest BCUT2D eigenvalue weighted by Crippen LogP contribution is -2.36. The lowest BCUT2D eigenvalue weighted by atomic mass is 9.93. The van der Waals surface area contributed by atoms with E-state index in [1.54, 1.807) is 19.2 Å². The Morgan fingerprint density at radius 3 is 2.64 bits per heavy atom. The molecular formula is C21H24FNO2. The highest BCUT2D eigenvalue weighted by Gasteiger charge is 2.28. The fourth-order valence-electron chi connectivity index (χ4n) is 3.55. The van der Waals surface area contributed by atoms with Gasteiger partial charge in [-0.2, -0.15) is 0 Å². The van der Waals surface area contributed by atoms with Crippen LogP contribution in [0.1, 0.15) is 42.4 Å². The number of halogens is 1. The van der Waals surface area contributed by atoms with E-state index < -0.39 is 0 Å². The third-order valence-corrected chi connectivity index (χ3v) is 5.00. The number of carbonyl (C=O) groups is 1. The van der Waals surface area contributed by atoms with Crippen molar-refractivity contribution in [1.82, 2.24) is 0 Å². The van der Waals surface area contributed by atoms with Gasteiger partial charge in [0.15, 0.2) is 0 Å². The predicted octanol–water partition coefficient (Wildman–Crippen LogP) is 4.62. The van der Waals surface area contributed by atoms with Crippen molar-refractivity contribution in [1.29, 1.82) is 0 Å². The van der Waals surface area contributed by atoms with Gasteiger partial charge in [0, 0.05) is 13.0 Å². The SMILES string of the molecule is COc1ccc(C)c2c1N(C(=O)CC(C)c1ccc(F)cc1)CCC2. The van der Waals surface area contributed by atoms with Crippen LogP contribution in [0, 0.1) is 12.7 Å². The minimum absolute atomic E-state index is 0.0364. The normalized spacial score (nSPS) is 14.8. The van der Waals surface area contributed by atoms with Crippen LogP contribution in [0.5, 0.6) is 5.75 Å². The van der Waals surface area contributed by atoms with Gasteiger partial charge in [-0.3, -0.25) is 4.79 Å². The third-order valence-electron chi connectivity index (χ3n) is 5.00. The van der Waals surface area contributed by atoms with Crippen LogP contribution in [0.2, 0.25) is 0 Å². The number of carbonyl (C=O) groups excluding carboxylic acids is 1. The number of amides is 1. The molecule has 2 aromatic carbocycles. The first-order valence-corrected chi connectivity index (χ1v) is 8.73. The standard InChI is InChI=1S/C21H24FNO2/c1-14-6-11-19(25-3)21-18(14)5-4-12-23(21)20(24)13-15(2)16-7-9-17(22)10-8-16/h6-11,15H,4-5,12-13H2,1-3H3. The first-order valence-electron chi connectivity index (χ1n) is 8.73. The van der Waals surface area contributed by atoms with E-state index in [9.17, 15) is 9.18 Å². The molecule has 0 saturated heterocycles. The lowest BCUT2D eigenvalue weighted by Gasteiger charge is -2.32. The third kappa shape index (κ3) is 3.53. The molecule has 0 radical (unpaired) electrons. The molecule has 1 aliphatic rings. The van der Waals surface area contributed by atoms with Crippen LogP contribution in [0.3, 0.4) is 0 Å². The maximum absolute atomic E-state index is 13.1. The number of rotatable bonds is 4. The smallest absolute Gasteiger partial charge is 0.227 e. The first-order chi connectivity index (χ1) is 12.0. The largest absolute Gasteiger partial charge is 0.495 e. The predicted molar refractivity (Wildman–Crippen MR) is 97.8 cm³/mol. The Labute approximate surface area is 148 Å². The van der Waals surface area contributed by atoms with Gasteiger partial charge in [0.2, 0.25) is 5.91 Å². The number of methoxy groups -OCH3 is 1. The average Bonchev–Trinajstić information content (AvgIpc) is 2.62. The number of aryl methyl sites for hydroxylation is 1. The van der Waals surface area contributed by atoms with Gasteiger partial charge in [-0.1, -0.05) is 25.1 Å². The number of anilines is 1. The molecule has 3 rings (SSSR count). The maximum atomic E-state index is 13.1. The van der Waals surface area contributed by atoms with E-state index in [0.717, 1.165) is 29.8 Å². The van der Waals surface area contributed by atoms with E-state index in [1.165, 1.54) is 23.3 Å². The highest BCUT2D eigenvalue weighted by molar-refractivity contribution is 5.97. The van der Waals surface area contributed by atoms with Crippen LogP contribution in [-0.2, 0) is 11.2 Å². The zero-order valence-electron chi connectivity index (χ0n) is 15.0. The van der Waals surface area contributed by atoms with E-state index in [-0.39, 0.29) is 17.6 Å². The number of fused-ring (bicyclic) bond motifs is 1. The molecule has 2 aromatic rings. The van der Waals surface area contributed by atoms with Gasteiger partial charge in [0.25, 0.3) is 0 Å². The summed E-state index contributed by atoms with van der Waals surface area (Å²) in [5, 5.41) is 0. The molecule has 0 fully saturated rings. The fourth-order valence-corrected chi connectivity index (χ4v) is 3.55. The van der Waals surface area contributed by atoms with E-state index in [2.05, 4.69) is 6.92 Å². The topological polar surface area (TPSA) is 29.5 Å². The zero-order valence-corrected chi connectivity index (χ0v) is 15.0. The van der Waals surface area contributed by atoms with Gasteiger partial charge in [0.05, 0.1) is 12.8 Å². The second kappa shape index (κ2) is 7.26. The summed E-state index contributed by atoms with van der Waals surface area (Å²) in [6, 6.07) is 10.4. The number of hydrogen-bond acceptors (Lipinski definition) is 2. The molecule has 4 heteroatoms.